The maximum atomic E-state index is 11.8. The Hall–Kier alpha value is -0.860. The van der Waals surface area contributed by atoms with Gasteiger partial charge in [0.2, 0.25) is 0 Å². The van der Waals surface area contributed by atoms with Crippen LogP contribution in [0.25, 0.3) is 0 Å². The van der Waals surface area contributed by atoms with Gasteiger partial charge in [-0.2, -0.15) is 0 Å². The average Bonchev–Trinajstić information content (AvgIpc) is 2.56. The van der Waals surface area contributed by atoms with Gasteiger partial charge in [0.1, 0.15) is 0 Å². The van der Waals surface area contributed by atoms with Gasteiger partial charge >= 0.3 is 11.9 Å². The first kappa shape index (κ1) is 10.1. The van der Waals surface area contributed by atoms with E-state index in [-0.39, 0.29) is 17.9 Å². The van der Waals surface area contributed by atoms with Crippen LogP contribution in [0.3, 0.4) is 0 Å². The van der Waals surface area contributed by atoms with Crippen molar-refractivity contribution in [3.05, 3.63) is 0 Å². The fraction of sp³-hybridized carbons (Fsp3) is 0.857. The minimum atomic E-state index is -0.297. The molecule has 3 heteroatoms. The first-order valence-corrected chi connectivity index (χ1v) is 6.95. The van der Waals surface area contributed by atoms with Crippen molar-refractivity contribution in [3.63, 3.8) is 0 Å². The summed E-state index contributed by atoms with van der Waals surface area (Å²) in [6.07, 6.45) is 6.98. The molecule has 4 bridgehead atoms. The standard InChI is InChI=1S/C14H18O3/c15-12-6-11(14(16)17-12)13-9-2-7-1-8(4-9)5-10(13)3-7/h7-11,13H,1-6H2. The van der Waals surface area contributed by atoms with Crippen LogP contribution in [0, 0.1) is 35.5 Å². The van der Waals surface area contributed by atoms with Crippen molar-refractivity contribution in [2.45, 2.75) is 38.5 Å². The summed E-state index contributed by atoms with van der Waals surface area (Å²) in [5.41, 5.74) is 0. The normalized spacial score (nSPS) is 52.0. The van der Waals surface area contributed by atoms with Crippen LogP contribution in [0.15, 0.2) is 0 Å². The van der Waals surface area contributed by atoms with Crippen molar-refractivity contribution in [1.82, 2.24) is 0 Å². The molecule has 1 atom stereocenters. The molecule has 0 aromatic carbocycles. The van der Waals surface area contributed by atoms with Gasteiger partial charge in [0.15, 0.2) is 0 Å². The van der Waals surface area contributed by atoms with Gasteiger partial charge in [-0.1, -0.05) is 0 Å². The molecule has 5 fully saturated rings. The Morgan fingerprint density at radius 2 is 1.47 bits per heavy atom. The highest BCUT2D eigenvalue weighted by molar-refractivity contribution is 5.94. The van der Waals surface area contributed by atoms with Crippen LogP contribution < -0.4 is 0 Å². The highest BCUT2D eigenvalue weighted by Crippen LogP contribution is 2.59. The van der Waals surface area contributed by atoms with Gasteiger partial charge < -0.3 is 4.74 Å². The van der Waals surface area contributed by atoms with E-state index in [4.69, 9.17) is 4.74 Å². The Balaban J connectivity index is 1.62. The lowest BCUT2D eigenvalue weighted by Crippen LogP contribution is -2.48. The summed E-state index contributed by atoms with van der Waals surface area (Å²) in [4.78, 5) is 23.0. The first-order valence-electron chi connectivity index (χ1n) is 6.95. The Morgan fingerprint density at radius 1 is 0.882 bits per heavy atom. The van der Waals surface area contributed by atoms with E-state index in [0.717, 1.165) is 11.8 Å². The lowest BCUT2D eigenvalue weighted by atomic mass is 9.49. The number of cyclic esters (lactones) is 2. The predicted octanol–water partition coefficient (Wildman–Crippen LogP) is 2.15. The molecule has 5 aliphatic rings. The largest absolute Gasteiger partial charge is 0.393 e. The monoisotopic (exact) mass is 234 g/mol. The quantitative estimate of drug-likeness (QED) is 0.515. The minimum Gasteiger partial charge on any atom is -0.393 e. The van der Waals surface area contributed by atoms with E-state index in [1.807, 2.05) is 0 Å². The molecule has 0 aromatic rings. The van der Waals surface area contributed by atoms with Crippen molar-refractivity contribution in [2.24, 2.45) is 35.5 Å². The van der Waals surface area contributed by atoms with Gasteiger partial charge in [0, 0.05) is 0 Å². The van der Waals surface area contributed by atoms with E-state index in [0.29, 0.717) is 24.2 Å². The fourth-order valence-electron chi connectivity index (χ4n) is 5.41. The van der Waals surface area contributed by atoms with Crippen LogP contribution >= 0.6 is 0 Å². The Labute approximate surface area is 101 Å². The fourth-order valence-corrected chi connectivity index (χ4v) is 5.41. The third-order valence-corrected chi connectivity index (χ3v) is 5.67. The summed E-state index contributed by atoms with van der Waals surface area (Å²) >= 11 is 0. The van der Waals surface area contributed by atoms with Crippen molar-refractivity contribution < 1.29 is 14.3 Å². The number of carbonyl (C=O) groups is 2. The van der Waals surface area contributed by atoms with Crippen LogP contribution in [0.1, 0.15) is 38.5 Å². The van der Waals surface area contributed by atoms with E-state index < -0.39 is 0 Å². The maximum Gasteiger partial charge on any atom is 0.317 e. The lowest BCUT2D eigenvalue weighted by Gasteiger charge is -2.55. The summed E-state index contributed by atoms with van der Waals surface area (Å²) < 4.78 is 4.75. The van der Waals surface area contributed by atoms with Gasteiger partial charge in [0.25, 0.3) is 0 Å². The second kappa shape index (κ2) is 3.33. The third kappa shape index (κ3) is 1.40. The molecule has 1 aliphatic heterocycles. The summed E-state index contributed by atoms with van der Waals surface area (Å²) in [6, 6.07) is 0. The van der Waals surface area contributed by atoms with Gasteiger partial charge in [-0.15, -0.1) is 0 Å². The van der Waals surface area contributed by atoms with E-state index in [1.165, 1.54) is 32.1 Å². The molecular formula is C14H18O3. The molecule has 0 aromatic heterocycles. The number of hydrogen-bond donors (Lipinski definition) is 0. The highest BCUT2D eigenvalue weighted by atomic mass is 16.6. The van der Waals surface area contributed by atoms with Crippen molar-refractivity contribution in [3.8, 4) is 0 Å². The van der Waals surface area contributed by atoms with Crippen LogP contribution in [0.5, 0.6) is 0 Å². The maximum absolute atomic E-state index is 11.8. The molecule has 4 saturated carbocycles. The second-order valence-corrected chi connectivity index (χ2v) is 6.61. The van der Waals surface area contributed by atoms with Gasteiger partial charge in [-0.05, 0) is 61.7 Å². The predicted molar refractivity (Wildman–Crippen MR) is 59.7 cm³/mol. The Bertz CT molecular complexity index is 359. The summed E-state index contributed by atoms with van der Waals surface area (Å²) in [5, 5.41) is 0. The molecule has 1 saturated heterocycles. The van der Waals surface area contributed by atoms with Crippen molar-refractivity contribution in [2.75, 3.05) is 0 Å². The molecule has 1 heterocycles. The lowest BCUT2D eigenvalue weighted by molar-refractivity contribution is -0.155. The molecule has 1 unspecified atom stereocenters. The zero-order valence-electron chi connectivity index (χ0n) is 9.93. The zero-order chi connectivity index (χ0) is 11.6. The van der Waals surface area contributed by atoms with Crippen molar-refractivity contribution >= 4 is 11.9 Å². The van der Waals surface area contributed by atoms with Gasteiger partial charge in [-0.3, -0.25) is 9.59 Å². The van der Waals surface area contributed by atoms with E-state index >= 15 is 0 Å². The highest BCUT2D eigenvalue weighted by Gasteiger charge is 2.54. The molecule has 0 spiro atoms. The number of hydrogen-bond acceptors (Lipinski definition) is 3. The smallest absolute Gasteiger partial charge is 0.317 e. The van der Waals surface area contributed by atoms with Gasteiger partial charge in [-0.25, -0.2) is 0 Å². The number of esters is 2. The zero-order valence-corrected chi connectivity index (χ0v) is 9.93. The van der Waals surface area contributed by atoms with Crippen LogP contribution in [0.2, 0.25) is 0 Å². The summed E-state index contributed by atoms with van der Waals surface area (Å²) in [5.74, 6) is 3.08. The van der Waals surface area contributed by atoms with Crippen molar-refractivity contribution in [1.29, 1.82) is 0 Å². The summed E-state index contributed by atoms with van der Waals surface area (Å²) in [7, 11) is 0. The Kier molecular flexibility index (Phi) is 1.98. The molecule has 0 amide bonds. The molecule has 4 aliphatic carbocycles. The first-order chi connectivity index (χ1) is 8.20. The topological polar surface area (TPSA) is 43.4 Å². The van der Waals surface area contributed by atoms with Gasteiger partial charge in [0.05, 0.1) is 12.3 Å². The molecule has 92 valence electrons. The number of ether oxygens (including phenoxy) is 1. The van der Waals surface area contributed by atoms with Crippen LogP contribution in [-0.4, -0.2) is 11.9 Å². The number of rotatable bonds is 1. The number of carbonyl (C=O) groups excluding carboxylic acids is 2. The molecule has 5 rings (SSSR count). The third-order valence-electron chi connectivity index (χ3n) is 5.67. The molecule has 3 nitrogen and oxygen atoms in total. The van der Waals surface area contributed by atoms with Crippen LogP contribution in [0.4, 0.5) is 0 Å². The Morgan fingerprint density at radius 3 is 1.94 bits per heavy atom. The van der Waals surface area contributed by atoms with Crippen LogP contribution in [-0.2, 0) is 14.3 Å². The molecule has 0 N–H and O–H groups in total. The summed E-state index contributed by atoms with van der Waals surface area (Å²) in [6.45, 7) is 0. The average molecular weight is 234 g/mol. The van der Waals surface area contributed by atoms with E-state index in [9.17, 15) is 9.59 Å². The molecule has 0 radical (unpaired) electrons. The minimum absolute atomic E-state index is 0.0995. The van der Waals surface area contributed by atoms with E-state index in [1.54, 1.807) is 0 Å². The second-order valence-electron chi connectivity index (χ2n) is 6.61. The van der Waals surface area contributed by atoms with E-state index in [2.05, 4.69) is 0 Å². The SMILES string of the molecule is O=C1CC(C2C3CC4CC(C3)CC2C4)C(=O)O1. The molecular weight excluding hydrogens is 216 g/mol. The molecule has 17 heavy (non-hydrogen) atoms.